The molecule has 1 fully saturated rings. The number of carbonyl (C=O) groups is 1. The van der Waals surface area contributed by atoms with Gasteiger partial charge in [0.15, 0.2) is 0 Å². The highest BCUT2D eigenvalue weighted by molar-refractivity contribution is 7.99. The Bertz CT molecular complexity index is 779. The van der Waals surface area contributed by atoms with E-state index in [4.69, 9.17) is 10.5 Å². The molecule has 0 bridgehead atoms. The number of hydrogen-bond donors (Lipinski definition) is 3. The Morgan fingerprint density at radius 3 is 2.78 bits per heavy atom. The lowest BCUT2D eigenvalue weighted by molar-refractivity contribution is 0.0331. The molecule has 0 aliphatic carbocycles. The van der Waals surface area contributed by atoms with Crippen molar-refractivity contribution in [2.75, 3.05) is 32.1 Å². The van der Waals surface area contributed by atoms with Gasteiger partial charge in [0.25, 0.3) is 11.5 Å². The van der Waals surface area contributed by atoms with Gasteiger partial charge in [0, 0.05) is 13.1 Å². The fourth-order valence-corrected chi connectivity index (χ4v) is 3.46. The van der Waals surface area contributed by atoms with Gasteiger partial charge in [-0.15, -0.1) is 11.8 Å². The van der Waals surface area contributed by atoms with Gasteiger partial charge in [0.05, 0.1) is 35.7 Å². The summed E-state index contributed by atoms with van der Waals surface area (Å²) in [6, 6.07) is 0. The maximum atomic E-state index is 12.4. The van der Waals surface area contributed by atoms with Crippen molar-refractivity contribution in [2.45, 2.75) is 18.5 Å². The molecule has 124 valence electrons. The summed E-state index contributed by atoms with van der Waals surface area (Å²) in [5.41, 5.74) is 5.72. The number of aromatic amines is 2. The molecule has 3 heterocycles. The number of nitrogens with two attached hydrogens (primary N) is 1. The second kappa shape index (κ2) is 6.73. The Labute approximate surface area is 136 Å². The van der Waals surface area contributed by atoms with Crippen LogP contribution in [0.5, 0.6) is 0 Å². The minimum Gasteiger partial charge on any atom is -0.379 e. The van der Waals surface area contributed by atoms with E-state index in [2.05, 4.69) is 19.9 Å². The molecule has 1 amide bonds. The zero-order chi connectivity index (χ0) is 16.4. The zero-order valence-electron chi connectivity index (χ0n) is 12.8. The number of nitrogens with zero attached hydrogens (tertiary/aromatic N) is 2. The van der Waals surface area contributed by atoms with Crippen molar-refractivity contribution in [3.05, 3.63) is 21.7 Å². The van der Waals surface area contributed by atoms with Crippen LogP contribution in [0.1, 0.15) is 23.1 Å². The number of nitrogens with one attached hydrogen (secondary N) is 2. The third-order valence-electron chi connectivity index (χ3n) is 3.69. The van der Waals surface area contributed by atoms with E-state index in [1.165, 1.54) is 11.8 Å². The van der Waals surface area contributed by atoms with Gasteiger partial charge in [-0.25, -0.2) is 4.98 Å². The van der Waals surface area contributed by atoms with Gasteiger partial charge in [-0.3, -0.25) is 14.5 Å². The molecule has 0 atom stereocenters. The normalized spacial score (nSPS) is 16.0. The molecule has 2 aromatic heterocycles. The molecule has 0 spiro atoms. The quantitative estimate of drug-likeness (QED) is 0.675. The highest BCUT2D eigenvalue weighted by Gasteiger charge is 2.21. The van der Waals surface area contributed by atoms with Gasteiger partial charge in [0.2, 0.25) is 0 Å². The SMILES string of the molecule is CCSc1[nH]c2nc(CN3CCOCC3)[nH]c(=O)c2c1C(N)=O. The molecule has 0 saturated carbocycles. The number of aromatic nitrogens is 3. The number of rotatable bonds is 5. The number of carbonyl (C=O) groups excluding carboxylic acids is 1. The first-order chi connectivity index (χ1) is 11.1. The Morgan fingerprint density at radius 1 is 1.39 bits per heavy atom. The highest BCUT2D eigenvalue weighted by atomic mass is 32.2. The number of fused-ring (bicyclic) bond motifs is 1. The van der Waals surface area contributed by atoms with Crippen molar-refractivity contribution in [2.24, 2.45) is 5.73 Å². The molecular weight excluding hydrogens is 318 g/mol. The minimum atomic E-state index is -0.625. The fourth-order valence-electron chi connectivity index (χ4n) is 2.66. The number of amides is 1. The molecule has 1 aliphatic rings. The molecule has 0 radical (unpaired) electrons. The van der Waals surface area contributed by atoms with Crippen molar-refractivity contribution in [1.29, 1.82) is 0 Å². The number of ether oxygens (including phenoxy) is 1. The van der Waals surface area contributed by atoms with E-state index in [9.17, 15) is 9.59 Å². The van der Waals surface area contributed by atoms with Crippen LogP contribution < -0.4 is 11.3 Å². The Hall–Kier alpha value is -1.84. The second-order valence-corrected chi connectivity index (χ2v) is 6.53. The lowest BCUT2D eigenvalue weighted by Crippen LogP contribution is -2.36. The Morgan fingerprint density at radius 2 is 2.13 bits per heavy atom. The summed E-state index contributed by atoms with van der Waals surface area (Å²) in [4.78, 5) is 36.6. The molecule has 9 heteroatoms. The maximum absolute atomic E-state index is 12.4. The topological polar surface area (TPSA) is 117 Å². The number of morpholine rings is 1. The third kappa shape index (κ3) is 3.26. The van der Waals surface area contributed by atoms with E-state index in [1.807, 2.05) is 6.92 Å². The van der Waals surface area contributed by atoms with Gasteiger partial charge < -0.3 is 20.4 Å². The van der Waals surface area contributed by atoms with E-state index in [-0.39, 0.29) is 16.5 Å². The van der Waals surface area contributed by atoms with Gasteiger partial charge in [0.1, 0.15) is 11.5 Å². The van der Waals surface area contributed by atoms with Crippen LogP contribution in [-0.4, -0.2) is 57.8 Å². The highest BCUT2D eigenvalue weighted by Crippen LogP contribution is 2.26. The summed E-state index contributed by atoms with van der Waals surface area (Å²) in [5, 5.41) is 0.829. The minimum absolute atomic E-state index is 0.221. The monoisotopic (exact) mass is 337 g/mol. The molecule has 8 nitrogen and oxygen atoms in total. The van der Waals surface area contributed by atoms with Gasteiger partial charge in [-0.2, -0.15) is 0 Å². The van der Waals surface area contributed by atoms with Crippen LogP contribution in [-0.2, 0) is 11.3 Å². The first kappa shape index (κ1) is 16.0. The van der Waals surface area contributed by atoms with Gasteiger partial charge >= 0.3 is 0 Å². The average Bonchev–Trinajstić information content (AvgIpc) is 2.87. The first-order valence-corrected chi connectivity index (χ1v) is 8.46. The predicted molar refractivity (Wildman–Crippen MR) is 87.7 cm³/mol. The smallest absolute Gasteiger partial charge is 0.261 e. The largest absolute Gasteiger partial charge is 0.379 e. The predicted octanol–water partition coefficient (Wildman–Crippen LogP) is 0.294. The molecule has 0 aromatic carbocycles. The van der Waals surface area contributed by atoms with Crippen LogP contribution >= 0.6 is 11.8 Å². The van der Waals surface area contributed by atoms with Crippen molar-refractivity contribution < 1.29 is 9.53 Å². The molecule has 1 aliphatic heterocycles. The second-order valence-electron chi connectivity index (χ2n) is 5.25. The van der Waals surface area contributed by atoms with Crippen molar-refractivity contribution >= 4 is 28.7 Å². The van der Waals surface area contributed by atoms with Crippen LogP contribution in [0.2, 0.25) is 0 Å². The van der Waals surface area contributed by atoms with E-state index in [0.717, 1.165) is 18.8 Å². The summed E-state index contributed by atoms with van der Waals surface area (Å²) in [5.74, 6) is 0.696. The Kier molecular flexibility index (Phi) is 4.69. The van der Waals surface area contributed by atoms with Crippen LogP contribution in [0, 0.1) is 0 Å². The van der Waals surface area contributed by atoms with E-state index in [0.29, 0.717) is 36.3 Å². The molecule has 4 N–H and O–H groups in total. The number of H-pyrrole nitrogens is 2. The van der Waals surface area contributed by atoms with Crippen LogP contribution in [0.25, 0.3) is 11.0 Å². The third-order valence-corrected chi connectivity index (χ3v) is 4.57. The number of hydrogen-bond acceptors (Lipinski definition) is 6. The molecule has 23 heavy (non-hydrogen) atoms. The summed E-state index contributed by atoms with van der Waals surface area (Å²) in [6.07, 6.45) is 0. The van der Waals surface area contributed by atoms with Gasteiger partial charge in [-0.1, -0.05) is 6.92 Å². The molecule has 1 saturated heterocycles. The van der Waals surface area contributed by atoms with E-state index in [1.54, 1.807) is 0 Å². The van der Waals surface area contributed by atoms with Crippen LogP contribution in [0.15, 0.2) is 9.82 Å². The molecule has 3 rings (SSSR count). The van der Waals surface area contributed by atoms with Crippen molar-refractivity contribution in [3.63, 3.8) is 0 Å². The average molecular weight is 337 g/mol. The molecular formula is C14H19N5O3S. The van der Waals surface area contributed by atoms with Crippen molar-refractivity contribution in [1.82, 2.24) is 19.9 Å². The summed E-state index contributed by atoms with van der Waals surface area (Å²) >= 11 is 1.43. The lowest BCUT2D eigenvalue weighted by Gasteiger charge is -2.25. The maximum Gasteiger partial charge on any atom is 0.261 e. The summed E-state index contributed by atoms with van der Waals surface area (Å²) in [6.45, 7) is 5.46. The summed E-state index contributed by atoms with van der Waals surface area (Å²) in [7, 11) is 0. The molecule has 2 aromatic rings. The zero-order valence-corrected chi connectivity index (χ0v) is 13.7. The Balaban J connectivity index is 2.00. The van der Waals surface area contributed by atoms with E-state index >= 15 is 0 Å². The van der Waals surface area contributed by atoms with Crippen LogP contribution in [0.3, 0.4) is 0 Å². The lowest BCUT2D eigenvalue weighted by atomic mass is 10.2. The van der Waals surface area contributed by atoms with Crippen molar-refractivity contribution in [3.8, 4) is 0 Å². The standard InChI is InChI=1S/C14H19N5O3S/c1-2-23-14-9(11(15)20)10-12(18-14)16-8(17-13(10)21)7-19-3-5-22-6-4-19/h2-7H2,1H3,(H2,15,20)(H2,16,17,18,21). The fraction of sp³-hybridized carbons (Fsp3) is 0.500. The van der Waals surface area contributed by atoms with Gasteiger partial charge in [-0.05, 0) is 5.75 Å². The number of primary amides is 1. The van der Waals surface area contributed by atoms with Crippen LogP contribution in [0.4, 0.5) is 0 Å². The molecule has 0 unspecified atom stereocenters. The first-order valence-electron chi connectivity index (χ1n) is 7.47. The number of thioether (sulfide) groups is 1. The summed E-state index contributed by atoms with van der Waals surface area (Å²) < 4.78 is 5.31. The van der Waals surface area contributed by atoms with E-state index < -0.39 is 5.91 Å².